The number of hydrogen-bond donors (Lipinski definition) is 3. The zero-order valence-electron chi connectivity index (χ0n) is 15.4. The summed E-state index contributed by atoms with van der Waals surface area (Å²) in [4.78, 5) is 22.6. The molecule has 0 saturated heterocycles. The fourth-order valence-electron chi connectivity index (χ4n) is 3.54. The molecule has 0 heterocycles. The van der Waals surface area contributed by atoms with Crippen molar-refractivity contribution in [3.8, 4) is 0 Å². The molecule has 144 valence electrons. The molecule has 0 radical (unpaired) electrons. The molecule has 0 aromatic carbocycles. The maximum Gasteiger partial charge on any atom is 0.303 e. The van der Waals surface area contributed by atoms with E-state index in [9.17, 15) is 19.8 Å². The van der Waals surface area contributed by atoms with Gasteiger partial charge in [0.15, 0.2) is 0 Å². The van der Waals surface area contributed by atoms with E-state index >= 15 is 0 Å². The topological polar surface area (TPSA) is 94.8 Å². The van der Waals surface area contributed by atoms with Gasteiger partial charge in [-0.05, 0) is 19.3 Å². The van der Waals surface area contributed by atoms with Crippen LogP contribution in [-0.2, 0) is 9.59 Å². The molecular weight excluding hydrogens is 320 g/mol. The average Bonchev–Trinajstić information content (AvgIpc) is 2.82. The van der Waals surface area contributed by atoms with Gasteiger partial charge >= 0.3 is 5.97 Å². The average molecular weight is 354 g/mol. The maximum absolute atomic E-state index is 12.1. The SMILES string of the molecule is CCCCCC(O)C=C[C@@H]1C(CCCCCCC(=O)O)C(=O)C[C@@H]1O. The van der Waals surface area contributed by atoms with Crippen LogP contribution in [0.2, 0.25) is 0 Å². The molecule has 0 aromatic heterocycles. The van der Waals surface area contributed by atoms with Crippen molar-refractivity contribution < 1.29 is 24.9 Å². The molecule has 0 aliphatic heterocycles. The number of aliphatic hydroxyl groups is 2. The van der Waals surface area contributed by atoms with E-state index in [1.54, 1.807) is 6.08 Å². The van der Waals surface area contributed by atoms with Crippen LogP contribution < -0.4 is 0 Å². The molecule has 1 saturated carbocycles. The third-order valence-corrected chi connectivity index (χ3v) is 5.05. The molecule has 0 aromatic rings. The molecule has 1 rings (SSSR count). The quantitative estimate of drug-likeness (QED) is 0.348. The van der Waals surface area contributed by atoms with Crippen molar-refractivity contribution >= 4 is 11.8 Å². The van der Waals surface area contributed by atoms with Gasteiger partial charge in [0.2, 0.25) is 0 Å². The Labute approximate surface area is 151 Å². The second kappa shape index (κ2) is 12.2. The van der Waals surface area contributed by atoms with Crippen LogP contribution in [0.5, 0.6) is 0 Å². The first kappa shape index (κ1) is 21.8. The largest absolute Gasteiger partial charge is 0.481 e. The Hall–Kier alpha value is -1.20. The molecule has 0 bridgehead atoms. The number of ketones is 1. The van der Waals surface area contributed by atoms with Crippen LogP contribution in [0.15, 0.2) is 12.2 Å². The minimum absolute atomic E-state index is 0.105. The fraction of sp³-hybridized carbons (Fsp3) is 0.800. The molecule has 25 heavy (non-hydrogen) atoms. The Morgan fingerprint density at radius 2 is 1.92 bits per heavy atom. The molecule has 5 nitrogen and oxygen atoms in total. The van der Waals surface area contributed by atoms with Gasteiger partial charge in [0.1, 0.15) is 5.78 Å². The summed E-state index contributed by atoms with van der Waals surface area (Å²) < 4.78 is 0. The van der Waals surface area contributed by atoms with Crippen LogP contribution in [0, 0.1) is 11.8 Å². The first-order chi connectivity index (χ1) is 12.0. The monoisotopic (exact) mass is 354 g/mol. The fourth-order valence-corrected chi connectivity index (χ4v) is 3.54. The van der Waals surface area contributed by atoms with Gasteiger partial charge in [-0.1, -0.05) is 57.6 Å². The smallest absolute Gasteiger partial charge is 0.303 e. The lowest BCUT2D eigenvalue weighted by molar-refractivity contribution is -0.137. The summed E-state index contributed by atoms with van der Waals surface area (Å²) in [6.07, 6.45) is 10.7. The van der Waals surface area contributed by atoms with Gasteiger partial charge in [-0.3, -0.25) is 9.59 Å². The highest BCUT2D eigenvalue weighted by molar-refractivity contribution is 5.84. The Balaban J connectivity index is 2.39. The van der Waals surface area contributed by atoms with Crippen molar-refractivity contribution in [1.82, 2.24) is 0 Å². The molecular formula is C20H34O5. The van der Waals surface area contributed by atoms with Gasteiger partial charge in [0.25, 0.3) is 0 Å². The van der Waals surface area contributed by atoms with Crippen LogP contribution >= 0.6 is 0 Å². The number of Topliss-reactive ketones (excluding diaryl/α,β-unsaturated/α-hetero) is 1. The van der Waals surface area contributed by atoms with Gasteiger partial charge < -0.3 is 15.3 Å². The van der Waals surface area contributed by atoms with E-state index in [-0.39, 0.29) is 30.5 Å². The first-order valence-corrected chi connectivity index (χ1v) is 9.74. The standard InChI is InChI=1S/C20H34O5/c1-2-3-6-9-15(21)12-13-17-16(18(22)14-19(17)23)10-7-4-5-8-11-20(24)25/h12-13,15-17,19,21,23H,2-11,14H2,1H3,(H,24,25)/t15?,16?,17-,19+/m1/s1. The predicted molar refractivity (Wildman–Crippen MR) is 97.2 cm³/mol. The third-order valence-electron chi connectivity index (χ3n) is 5.05. The molecule has 2 unspecified atom stereocenters. The van der Waals surface area contributed by atoms with Crippen molar-refractivity contribution in [3.63, 3.8) is 0 Å². The Morgan fingerprint density at radius 1 is 1.20 bits per heavy atom. The van der Waals surface area contributed by atoms with Crippen LogP contribution in [0.25, 0.3) is 0 Å². The summed E-state index contributed by atoms with van der Waals surface area (Å²) in [7, 11) is 0. The van der Waals surface area contributed by atoms with E-state index in [1.807, 2.05) is 6.08 Å². The van der Waals surface area contributed by atoms with Gasteiger partial charge in [-0.2, -0.15) is 0 Å². The molecule has 4 atom stereocenters. The van der Waals surface area contributed by atoms with Crippen molar-refractivity contribution in [2.24, 2.45) is 11.8 Å². The molecule has 1 fully saturated rings. The van der Waals surface area contributed by atoms with E-state index in [1.165, 1.54) is 0 Å². The summed E-state index contributed by atoms with van der Waals surface area (Å²) in [5.41, 5.74) is 0. The second-order valence-electron chi connectivity index (χ2n) is 7.22. The number of carbonyl (C=O) groups is 2. The Morgan fingerprint density at radius 3 is 2.60 bits per heavy atom. The Bertz CT molecular complexity index is 432. The number of carboxylic acids is 1. The van der Waals surface area contributed by atoms with Gasteiger partial charge in [-0.25, -0.2) is 0 Å². The normalized spacial score (nSPS) is 24.9. The number of aliphatic carboxylic acids is 1. The maximum atomic E-state index is 12.1. The number of unbranched alkanes of at least 4 members (excludes halogenated alkanes) is 5. The van der Waals surface area contributed by atoms with Crippen LogP contribution in [-0.4, -0.2) is 39.3 Å². The molecule has 1 aliphatic carbocycles. The third kappa shape index (κ3) is 8.63. The summed E-state index contributed by atoms with van der Waals surface area (Å²) in [6, 6.07) is 0. The summed E-state index contributed by atoms with van der Waals surface area (Å²) >= 11 is 0. The zero-order chi connectivity index (χ0) is 18.7. The Kier molecular flexibility index (Phi) is 10.7. The number of carboxylic acid groups (broad SMARTS) is 1. The minimum atomic E-state index is -0.767. The molecule has 0 spiro atoms. The number of hydrogen-bond acceptors (Lipinski definition) is 4. The molecule has 3 N–H and O–H groups in total. The van der Waals surface area contributed by atoms with Crippen molar-refractivity contribution in [2.75, 3.05) is 0 Å². The molecule has 1 aliphatic rings. The number of rotatable bonds is 13. The summed E-state index contributed by atoms with van der Waals surface area (Å²) in [5, 5.41) is 28.7. The highest BCUT2D eigenvalue weighted by atomic mass is 16.4. The second-order valence-corrected chi connectivity index (χ2v) is 7.22. The summed E-state index contributed by atoms with van der Waals surface area (Å²) in [6.45, 7) is 2.12. The summed E-state index contributed by atoms with van der Waals surface area (Å²) in [5.74, 6) is -1.04. The number of carbonyl (C=O) groups excluding carboxylic acids is 1. The van der Waals surface area contributed by atoms with Crippen LogP contribution in [0.1, 0.15) is 77.6 Å². The van der Waals surface area contributed by atoms with E-state index in [4.69, 9.17) is 5.11 Å². The lowest BCUT2D eigenvalue weighted by Gasteiger charge is -2.18. The van der Waals surface area contributed by atoms with Crippen molar-refractivity contribution in [1.29, 1.82) is 0 Å². The zero-order valence-corrected chi connectivity index (χ0v) is 15.4. The lowest BCUT2D eigenvalue weighted by atomic mass is 9.88. The lowest BCUT2D eigenvalue weighted by Crippen LogP contribution is -2.19. The van der Waals surface area contributed by atoms with E-state index in [2.05, 4.69) is 6.92 Å². The van der Waals surface area contributed by atoms with Gasteiger partial charge in [0, 0.05) is 24.7 Å². The molecule has 0 amide bonds. The number of aliphatic hydroxyl groups excluding tert-OH is 2. The molecule has 5 heteroatoms. The predicted octanol–water partition coefficient (Wildman–Crippen LogP) is 3.48. The van der Waals surface area contributed by atoms with E-state index < -0.39 is 18.2 Å². The van der Waals surface area contributed by atoms with Gasteiger partial charge in [-0.15, -0.1) is 0 Å². The van der Waals surface area contributed by atoms with Crippen LogP contribution in [0.3, 0.4) is 0 Å². The highest BCUT2D eigenvalue weighted by Gasteiger charge is 2.39. The van der Waals surface area contributed by atoms with Crippen molar-refractivity contribution in [3.05, 3.63) is 12.2 Å². The van der Waals surface area contributed by atoms with E-state index in [0.29, 0.717) is 6.42 Å². The van der Waals surface area contributed by atoms with Crippen LogP contribution in [0.4, 0.5) is 0 Å². The minimum Gasteiger partial charge on any atom is -0.481 e. The van der Waals surface area contributed by atoms with Gasteiger partial charge in [0.05, 0.1) is 12.2 Å². The highest BCUT2D eigenvalue weighted by Crippen LogP contribution is 2.34. The van der Waals surface area contributed by atoms with E-state index in [0.717, 1.165) is 51.4 Å². The first-order valence-electron chi connectivity index (χ1n) is 9.74. The van der Waals surface area contributed by atoms with Crippen molar-refractivity contribution in [2.45, 2.75) is 89.8 Å².